The van der Waals surface area contributed by atoms with Crippen LogP contribution in [0.3, 0.4) is 0 Å². The van der Waals surface area contributed by atoms with Crippen molar-refractivity contribution in [2.24, 2.45) is 0 Å². The summed E-state index contributed by atoms with van der Waals surface area (Å²) in [5.74, 6) is -1.92. The van der Waals surface area contributed by atoms with Crippen molar-refractivity contribution in [2.45, 2.75) is 103 Å². The first-order valence-electron chi connectivity index (χ1n) is 11.2. The molecule has 4 atom stereocenters. The van der Waals surface area contributed by atoms with E-state index in [1.165, 1.54) is 0 Å². The molecule has 0 bridgehead atoms. The number of carboxylic acids is 2. The molecule has 0 saturated carbocycles. The van der Waals surface area contributed by atoms with Crippen LogP contribution in [-0.4, -0.2) is 83.0 Å². The predicted octanol–water partition coefficient (Wildman–Crippen LogP) is 2.29. The van der Waals surface area contributed by atoms with Gasteiger partial charge in [0.05, 0.1) is 25.3 Å². The van der Waals surface area contributed by atoms with E-state index in [9.17, 15) is 19.2 Å². The Hall–Kier alpha value is -2.60. The number of hydrogen-bond donors (Lipinski definition) is 4. The molecule has 2 fully saturated rings. The van der Waals surface area contributed by atoms with E-state index in [1.54, 1.807) is 41.5 Å². The van der Waals surface area contributed by atoms with Crippen molar-refractivity contribution in [2.75, 3.05) is 13.2 Å². The number of carboxylic acid groups (broad SMARTS) is 2. The summed E-state index contributed by atoms with van der Waals surface area (Å²) in [4.78, 5) is 44.1. The normalized spacial score (nSPS) is 25.1. The Morgan fingerprint density at radius 1 is 0.676 bits per heavy atom. The molecule has 0 aliphatic carbocycles. The van der Waals surface area contributed by atoms with Crippen molar-refractivity contribution in [1.82, 2.24) is 10.6 Å². The molecule has 4 N–H and O–H groups in total. The Kier molecular flexibility index (Phi) is 11.0. The van der Waals surface area contributed by atoms with Gasteiger partial charge in [0, 0.05) is 0 Å². The quantitative estimate of drug-likeness (QED) is 0.458. The van der Waals surface area contributed by atoms with Gasteiger partial charge in [0.25, 0.3) is 0 Å². The van der Waals surface area contributed by atoms with E-state index in [1.807, 2.05) is 0 Å². The van der Waals surface area contributed by atoms with Crippen LogP contribution in [0.1, 0.15) is 67.2 Å². The SMILES string of the molecule is CC(C)(C)OC(=O)N[C@@H]1CC[C@H](C(=O)O)OC1.CC(C)(C)OC(=O)N[C@H]1CC[C@@H](C(=O)O)OC1. The van der Waals surface area contributed by atoms with E-state index in [0.29, 0.717) is 25.7 Å². The smallest absolute Gasteiger partial charge is 0.407 e. The van der Waals surface area contributed by atoms with Gasteiger partial charge in [-0.1, -0.05) is 0 Å². The molecule has 0 unspecified atom stereocenters. The van der Waals surface area contributed by atoms with Crippen LogP contribution >= 0.6 is 0 Å². The first-order chi connectivity index (χ1) is 15.6. The molecule has 12 heteroatoms. The van der Waals surface area contributed by atoms with Gasteiger partial charge in [0.1, 0.15) is 11.2 Å². The topological polar surface area (TPSA) is 170 Å². The van der Waals surface area contributed by atoms with E-state index in [0.717, 1.165) is 0 Å². The Morgan fingerprint density at radius 2 is 1.00 bits per heavy atom. The minimum absolute atomic E-state index is 0.180. The van der Waals surface area contributed by atoms with Crippen LogP contribution in [0.2, 0.25) is 0 Å². The summed E-state index contributed by atoms with van der Waals surface area (Å²) >= 11 is 0. The summed E-state index contributed by atoms with van der Waals surface area (Å²) in [6.45, 7) is 11.1. The fourth-order valence-corrected chi connectivity index (χ4v) is 3.07. The summed E-state index contributed by atoms with van der Waals surface area (Å²) in [6, 6.07) is -0.360. The minimum atomic E-state index is -0.958. The maximum absolute atomic E-state index is 11.4. The van der Waals surface area contributed by atoms with Gasteiger partial charge in [-0.05, 0) is 67.2 Å². The molecule has 2 aliphatic rings. The lowest BCUT2D eigenvalue weighted by Gasteiger charge is -2.28. The lowest BCUT2D eigenvalue weighted by atomic mass is 10.1. The molecule has 12 nitrogen and oxygen atoms in total. The monoisotopic (exact) mass is 490 g/mol. The lowest BCUT2D eigenvalue weighted by molar-refractivity contribution is -0.154. The summed E-state index contributed by atoms with van der Waals surface area (Å²) in [5.41, 5.74) is -1.08. The van der Waals surface area contributed by atoms with Gasteiger partial charge in [-0.3, -0.25) is 0 Å². The average molecular weight is 491 g/mol. The molecule has 0 aromatic carbocycles. The number of amides is 2. The van der Waals surface area contributed by atoms with Gasteiger partial charge in [-0.2, -0.15) is 0 Å². The zero-order valence-corrected chi connectivity index (χ0v) is 20.7. The highest BCUT2D eigenvalue weighted by molar-refractivity contribution is 5.73. The van der Waals surface area contributed by atoms with Crippen LogP contribution in [0.15, 0.2) is 0 Å². The van der Waals surface area contributed by atoms with E-state index in [4.69, 9.17) is 29.2 Å². The highest BCUT2D eigenvalue weighted by Gasteiger charge is 2.29. The molecule has 34 heavy (non-hydrogen) atoms. The van der Waals surface area contributed by atoms with Gasteiger partial charge < -0.3 is 39.8 Å². The molecule has 2 aliphatic heterocycles. The second kappa shape index (κ2) is 12.7. The van der Waals surface area contributed by atoms with Crippen molar-refractivity contribution >= 4 is 24.1 Å². The second-order valence-corrected chi connectivity index (χ2v) is 10.2. The predicted molar refractivity (Wildman–Crippen MR) is 120 cm³/mol. The summed E-state index contributed by atoms with van der Waals surface area (Å²) < 4.78 is 20.4. The number of aliphatic carboxylic acids is 2. The zero-order chi connectivity index (χ0) is 26.1. The van der Waals surface area contributed by atoms with Crippen LogP contribution in [0, 0.1) is 0 Å². The van der Waals surface area contributed by atoms with Gasteiger partial charge >= 0.3 is 24.1 Å². The Balaban J connectivity index is 0.000000340. The first kappa shape index (κ1) is 29.4. The Morgan fingerprint density at radius 3 is 1.21 bits per heavy atom. The Bertz CT molecular complexity index is 637. The molecular weight excluding hydrogens is 452 g/mol. The minimum Gasteiger partial charge on any atom is -0.479 e. The molecule has 0 aromatic rings. The fraction of sp³-hybridized carbons (Fsp3) is 0.818. The molecule has 0 spiro atoms. The molecule has 196 valence electrons. The molecule has 0 radical (unpaired) electrons. The molecule has 2 saturated heterocycles. The summed E-state index contributed by atoms with van der Waals surface area (Å²) in [6.07, 6.45) is -0.559. The number of nitrogens with one attached hydrogen (secondary N) is 2. The van der Waals surface area contributed by atoms with Gasteiger partial charge in [0.15, 0.2) is 12.2 Å². The maximum Gasteiger partial charge on any atom is 0.407 e. The first-order valence-corrected chi connectivity index (χ1v) is 11.2. The van der Waals surface area contributed by atoms with Crippen LogP contribution in [-0.2, 0) is 28.5 Å². The number of rotatable bonds is 4. The van der Waals surface area contributed by atoms with E-state index in [2.05, 4.69) is 10.6 Å². The van der Waals surface area contributed by atoms with Crippen LogP contribution < -0.4 is 10.6 Å². The van der Waals surface area contributed by atoms with Gasteiger partial charge in [-0.25, -0.2) is 19.2 Å². The third-order valence-electron chi connectivity index (χ3n) is 4.54. The van der Waals surface area contributed by atoms with Crippen molar-refractivity contribution in [3.63, 3.8) is 0 Å². The number of carbonyl (C=O) groups excluding carboxylic acids is 2. The van der Waals surface area contributed by atoms with E-state index < -0.39 is 47.5 Å². The molecular formula is C22H38N2O10. The highest BCUT2D eigenvalue weighted by atomic mass is 16.6. The Labute approximate surface area is 199 Å². The van der Waals surface area contributed by atoms with Crippen LogP contribution in [0.25, 0.3) is 0 Å². The number of carbonyl (C=O) groups is 4. The van der Waals surface area contributed by atoms with Crippen LogP contribution in [0.4, 0.5) is 9.59 Å². The lowest BCUT2D eigenvalue weighted by Crippen LogP contribution is -2.46. The van der Waals surface area contributed by atoms with E-state index >= 15 is 0 Å². The van der Waals surface area contributed by atoms with Gasteiger partial charge in [-0.15, -0.1) is 0 Å². The zero-order valence-electron chi connectivity index (χ0n) is 20.7. The fourth-order valence-electron chi connectivity index (χ4n) is 3.07. The number of ether oxygens (including phenoxy) is 4. The number of hydrogen-bond acceptors (Lipinski definition) is 8. The summed E-state index contributed by atoms with van der Waals surface area (Å²) in [5, 5.41) is 22.8. The highest BCUT2D eigenvalue weighted by Crippen LogP contribution is 2.16. The third kappa shape index (κ3) is 12.6. The summed E-state index contributed by atoms with van der Waals surface area (Å²) in [7, 11) is 0. The largest absolute Gasteiger partial charge is 0.479 e. The maximum atomic E-state index is 11.4. The molecule has 2 rings (SSSR count). The van der Waals surface area contributed by atoms with Gasteiger partial charge in [0.2, 0.25) is 0 Å². The standard InChI is InChI=1S/2C11H19NO5/c2*1-11(2,3)17-10(15)12-7-4-5-8(9(13)14)16-6-7/h2*7-8H,4-6H2,1-3H3,(H,12,15)(H,13,14)/t2*7-,8-/m10/s1. The number of alkyl carbamates (subject to hydrolysis) is 2. The molecule has 0 aromatic heterocycles. The molecule has 2 amide bonds. The third-order valence-corrected chi connectivity index (χ3v) is 4.54. The molecule has 2 heterocycles. The van der Waals surface area contributed by atoms with Crippen LogP contribution in [0.5, 0.6) is 0 Å². The van der Waals surface area contributed by atoms with Crippen molar-refractivity contribution in [3.05, 3.63) is 0 Å². The van der Waals surface area contributed by atoms with Crippen molar-refractivity contribution < 1.29 is 48.3 Å². The second-order valence-electron chi connectivity index (χ2n) is 10.2. The van der Waals surface area contributed by atoms with E-state index in [-0.39, 0.29) is 25.3 Å². The average Bonchev–Trinajstić information content (AvgIpc) is 2.66. The van der Waals surface area contributed by atoms with Crippen molar-refractivity contribution in [3.8, 4) is 0 Å². The van der Waals surface area contributed by atoms with Crippen molar-refractivity contribution in [1.29, 1.82) is 0 Å².